The molecule has 0 radical (unpaired) electrons. The maximum absolute atomic E-state index is 14.1. The number of hydrogen-bond donors (Lipinski definition) is 1. The van der Waals surface area contributed by atoms with Gasteiger partial charge in [0, 0.05) is 18.3 Å². The molecule has 33 heavy (non-hydrogen) atoms. The first kappa shape index (κ1) is 23.6. The zero-order valence-corrected chi connectivity index (χ0v) is 20.5. The van der Waals surface area contributed by atoms with Crippen molar-refractivity contribution in [3.05, 3.63) is 95.5 Å². The fourth-order valence-corrected chi connectivity index (χ4v) is 6.32. The van der Waals surface area contributed by atoms with Crippen LogP contribution in [0.5, 0.6) is 0 Å². The summed E-state index contributed by atoms with van der Waals surface area (Å²) >= 11 is 1.59. The van der Waals surface area contributed by atoms with E-state index in [1.54, 1.807) is 11.3 Å². The Bertz CT molecular complexity index is 1170. The summed E-state index contributed by atoms with van der Waals surface area (Å²) in [4.78, 5) is 0.991. The largest absolute Gasteiger partial charge is 0.352 e. The number of benzene rings is 2. The average Bonchev–Trinajstić information content (AvgIpc) is 3.51. The van der Waals surface area contributed by atoms with Gasteiger partial charge in [-0.1, -0.05) is 54.6 Å². The van der Waals surface area contributed by atoms with Gasteiger partial charge in [0.25, 0.3) is 0 Å². The molecule has 2 heterocycles. The molecule has 4 rings (SSSR count). The van der Waals surface area contributed by atoms with Gasteiger partial charge in [-0.15, -0.1) is 11.3 Å². The Morgan fingerprint density at radius 2 is 1.64 bits per heavy atom. The summed E-state index contributed by atoms with van der Waals surface area (Å²) in [6.07, 6.45) is 1.93. The van der Waals surface area contributed by atoms with Crippen molar-refractivity contribution in [3.8, 4) is 16.3 Å². The first-order chi connectivity index (χ1) is 16.1. The molecule has 172 valence electrons. The fraction of sp³-hybridized carbons (Fsp3) is 0.240. The van der Waals surface area contributed by atoms with Crippen molar-refractivity contribution < 1.29 is 13.6 Å². The molecule has 4 aromatic rings. The van der Waals surface area contributed by atoms with Crippen LogP contribution in [0.2, 0.25) is 0 Å². The molecule has 0 aliphatic carbocycles. The van der Waals surface area contributed by atoms with Crippen LogP contribution in [-0.2, 0) is 20.2 Å². The summed E-state index contributed by atoms with van der Waals surface area (Å²) in [6.45, 7) is 4.72. The standard InChI is InChI=1S/C25H28N3O3PS/c1-3-30-32(29,31-4-2)25(26-18-20-12-7-5-8-13-20)22-19-28(21-14-9-6-10-15-21)27-24(22)23-16-11-17-33-23/h5-17,19,25-26H,3-4,18H2,1-2H3. The molecule has 2 aromatic carbocycles. The van der Waals surface area contributed by atoms with Crippen LogP contribution in [0.25, 0.3) is 16.3 Å². The predicted octanol–water partition coefficient (Wildman–Crippen LogP) is 6.66. The summed E-state index contributed by atoms with van der Waals surface area (Å²) in [5.74, 6) is -0.688. The maximum Gasteiger partial charge on any atom is 0.352 e. The van der Waals surface area contributed by atoms with Gasteiger partial charge in [-0.2, -0.15) is 5.10 Å². The normalized spacial score (nSPS) is 12.7. The third kappa shape index (κ3) is 5.52. The third-order valence-electron chi connectivity index (χ3n) is 5.09. The van der Waals surface area contributed by atoms with E-state index in [1.165, 1.54) is 0 Å². The highest BCUT2D eigenvalue weighted by atomic mass is 32.1. The Balaban J connectivity index is 1.82. The zero-order valence-electron chi connectivity index (χ0n) is 18.8. The van der Waals surface area contributed by atoms with Crippen molar-refractivity contribution >= 4 is 18.9 Å². The minimum atomic E-state index is -3.56. The van der Waals surface area contributed by atoms with Crippen LogP contribution in [0.4, 0.5) is 0 Å². The Hall–Kier alpha value is -2.54. The smallest absolute Gasteiger partial charge is 0.308 e. The van der Waals surface area contributed by atoms with Gasteiger partial charge in [0.2, 0.25) is 0 Å². The highest BCUT2D eigenvalue weighted by Crippen LogP contribution is 2.61. The lowest BCUT2D eigenvalue weighted by Crippen LogP contribution is -2.23. The maximum atomic E-state index is 14.1. The number of nitrogens with one attached hydrogen (secondary N) is 1. The molecule has 0 fully saturated rings. The summed E-state index contributed by atoms with van der Waals surface area (Å²) < 4.78 is 27.5. The Morgan fingerprint density at radius 3 is 2.24 bits per heavy atom. The molecule has 0 saturated carbocycles. The molecule has 0 aliphatic rings. The average molecular weight is 482 g/mol. The van der Waals surface area contributed by atoms with E-state index in [-0.39, 0.29) is 13.2 Å². The monoisotopic (exact) mass is 481 g/mol. The van der Waals surface area contributed by atoms with E-state index < -0.39 is 13.4 Å². The van der Waals surface area contributed by atoms with Gasteiger partial charge in [-0.05, 0) is 43.0 Å². The van der Waals surface area contributed by atoms with Crippen LogP contribution in [0, 0.1) is 0 Å². The van der Waals surface area contributed by atoms with E-state index in [0.29, 0.717) is 6.54 Å². The van der Waals surface area contributed by atoms with Gasteiger partial charge >= 0.3 is 7.60 Å². The summed E-state index contributed by atoms with van der Waals surface area (Å²) in [5, 5.41) is 10.4. The highest BCUT2D eigenvalue weighted by Gasteiger charge is 2.39. The molecule has 1 atom stereocenters. The molecule has 1 unspecified atom stereocenters. The first-order valence-electron chi connectivity index (χ1n) is 11.0. The Labute approximate surface area is 198 Å². The molecule has 0 spiro atoms. The van der Waals surface area contributed by atoms with Crippen LogP contribution in [-0.4, -0.2) is 23.0 Å². The van der Waals surface area contributed by atoms with Crippen molar-refractivity contribution in [2.24, 2.45) is 0 Å². The van der Waals surface area contributed by atoms with E-state index in [4.69, 9.17) is 14.1 Å². The Kier molecular flexibility index (Phi) is 7.91. The van der Waals surface area contributed by atoms with Crippen molar-refractivity contribution in [2.75, 3.05) is 13.2 Å². The molecule has 0 saturated heterocycles. The molecule has 8 heteroatoms. The minimum absolute atomic E-state index is 0.280. The van der Waals surface area contributed by atoms with Crippen LogP contribution < -0.4 is 5.32 Å². The summed E-state index contributed by atoms with van der Waals surface area (Å²) in [7, 11) is -3.56. The van der Waals surface area contributed by atoms with Crippen LogP contribution in [0.1, 0.15) is 30.8 Å². The lowest BCUT2D eigenvalue weighted by molar-refractivity contribution is 0.207. The van der Waals surface area contributed by atoms with Crippen molar-refractivity contribution in [3.63, 3.8) is 0 Å². The van der Waals surface area contributed by atoms with Crippen LogP contribution in [0.15, 0.2) is 84.4 Å². The second-order valence-electron chi connectivity index (χ2n) is 7.33. The van der Waals surface area contributed by atoms with Gasteiger partial charge < -0.3 is 9.05 Å². The number of hydrogen-bond acceptors (Lipinski definition) is 6. The number of para-hydroxylation sites is 1. The lowest BCUT2D eigenvalue weighted by atomic mass is 10.2. The Morgan fingerprint density at radius 1 is 0.970 bits per heavy atom. The number of rotatable bonds is 11. The fourth-order valence-electron chi connectivity index (χ4n) is 3.65. The van der Waals surface area contributed by atoms with Gasteiger partial charge in [-0.3, -0.25) is 9.88 Å². The molecule has 6 nitrogen and oxygen atoms in total. The zero-order chi connectivity index (χ0) is 23.1. The SMILES string of the molecule is CCOP(=O)(OCC)C(NCc1ccccc1)c1cn(-c2ccccc2)nc1-c1cccs1. The van der Waals surface area contributed by atoms with Crippen LogP contribution in [0.3, 0.4) is 0 Å². The molecule has 2 aromatic heterocycles. The van der Waals surface area contributed by atoms with Crippen molar-refractivity contribution in [1.82, 2.24) is 15.1 Å². The molecule has 1 N–H and O–H groups in total. The van der Waals surface area contributed by atoms with Gasteiger partial charge in [0.1, 0.15) is 11.5 Å². The van der Waals surface area contributed by atoms with Crippen molar-refractivity contribution in [1.29, 1.82) is 0 Å². The molecule has 0 amide bonds. The molecule has 0 bridgehead atoms. The van der Waals surface area contributed by atoms with E-state index in [0.717, 1.165) is 27.4 Å². The van der Waals surface area contributed by atoms with E-state index in [9.17, 15) is 4.57 Å². The van der Waals surface area contributed by atoms with Gasteiger partial charge in [0.05, 0.1) is 23.8 Å². The van der Waals surface area contributed by atoms with E-state index in [1.807, 2.05) is 103 Å². The highest BCUT2D eigenvalue weighted by molar-refractivity contribution is 7.54. The molecular weight excluding hydrogens is 453 g/mol. The molecule has 0 aliphatic heterocycles. The molecular formula is C25H28N3O3PS. The van der Waals surface area contributed by atoms with Gasteiger partial charge in [-0.25, -0.2) is 4.68 Å². The lowest BCUT2D eigenvalue weighted by Gasteiger charge is -2.27. The van der Waals surface area contributed by atoms with Crippen LogP contribution >= 0.6 is 18.9 Å². The topological polar surface area (TPSA) is 65.4 Å². The number of nitrogens with zero attached hydrogens (tertiary/aromatic N) is 2. The third-order valence-corrected chi connectivity index (χ3v) is 8.30. The predicted molar refractivity (Wildman–Crippen MR) is 134 cm³/mol. The minimum Gasteiger partial charge on any atom is -0.308 e. The van der Waals surface area contributed by atoms with Gasteiger partial charge in [0.15, 0.2) is 0 Å². The number of aromatic nitrogens is 2. The van der Waals surface area contributed by atoms with E-state index in [2.05, 4.69) is 5.32 Å². The van der Waals surface area contributed by atoms with Crippen molar-refractivity contribution in [2.45, 2.75) is 26.2 Å². The second-order valence-corrected chi connectivity index (χ2v) is 10.4. The summed E-state index contributed by atoms with van der Waals surface area (Å²) in [5.41, 5.74) is 3.54. The quantitative estimate of drug-likeness (QED) is 0.243. The first-order valence-corrected chi connectivity index (χ1v) is 13.5. The summed E-state index contributed by atoms with van der Waals surface area (Å²) in [6, 6.07) is 23.9. The second kappa shape index (κ2) is 11.1. The number of thiophene rings is 1. The van der Waals surface area contributed by atoms with E-state index >= 15 is 0 Å².